The molecular weight excluding hydrogens is 368 g/mol. The van der Waals surface area contributed by atoms with Gasteiger partial charge < -0.3 is 19.9 Å². The van der Waals surface area contributed by atoms with E-state index < -0.39 is 0 Å². The minimum atomic E-state index is -0.321. The highest BCUT2D eigenvalue weighted by molar-refractivity contribution is 5.94. The lowest BCUT2D eigenvalue weighted by Crippen LogP contribution is -2.50. The van der Waals surface area contributed by atoms with Gasteiger partial charge in [0.15, 0.2) is 0 Å². The molecule has 1 saturated heterocycles. The first-order chi connectivity index (χ1) is 13.9. The van der Waals surface area contributed by atoms with E-state index in [0.717, 1.165) is 16.8 Å². The van der Waals surface area contributed by atoms with Gasteiger partial charge >= 0.3 is 6.09 Å². The van der Waals surface area contributed by atoms with Gasteiger partial charge in [-0.15, -0.1) is 0 Å². The number of nitrogens with zero attached hydrogens (tertiary/aromatic N) is 3. The maximum absolute atomic E-state index is 12.7. The van der Waals surface area contributed by atoms with Crippen molar-refractivity contribution in [3.05, 3.63) is 52.7 Å². The molecule has 2 aromatic rings. The van der Waals surface area contributed by atoms with Gasteiger partial charge in [-0.05, 0) is 51.0 Å². The molecule has 29 heavy (non-hydrogen) atoms. The summed E-state index contributed by atoms with van der Waals surface area (Å²) in [6, 6.07) is 7.86. The average molecular weight is 396 g/mol. The summed E-state index contributed by atoms with van der Waals surface area (Å²) < 4.78 is 5.01. The van der Waals surface area contributed by atoms with Crippen LogP contribution in [0.2, 0.25) is 0 Å². The molecule has 3 rings (SSSR count). The third-order valence-electron chi connectivity index (χ3n) is 5.03. The van der Waals surface area contributed by atoms with Gasteiger partial charge in [-0.3, -0.25) is 4.79 Å². The van der Waals surface area contributed by atoms with E-state index in [-0.39, 0.29) is 12.0 Å². The van der Waals surface area contributed by atoms with E-state index in [4.69, 9.17) is 4.74 Å². The van der Waals surface area contributed by atoms with Crippen molar-refractivity contribution in [2.45, 2.75) is 27.7 Å². The monoisotopic (exact) mass is 396 g/mol. The van der Waals surface area contributed by atoms with Gasteiger partial charge in [-0.25, -0.2) is 9.78 Å². The average Bonchev–Trinajstić information content (AvgIpc) is 2.71. The van der Waals surface area contributed by atoms with E-state index in [0.29, 0.717) is 44.2 Å². The van der Waals surface area contributed by atoms with Gasteiger partial charge in [0, 0.05) is 38.1 Å². The van der Waals surface area contributed by atoms with Crippen molar-refractivity contribution in [1.29, 1.82) is 0 Å². The van der Waals surface area contributed by atoms with E-state index >= 15 is 0 Å². The number of aromatic nitrogens is 1. The highest BCUT2D eigenvalue weighted by Gasteiger charge is 2.25. The van der Waals surface area contributed by atoms with Crippen molar-refractivity contribution in [2.75, 3.05) is 38.1 Å². The Hall–Kier alpha value is -3.09. The van der Waals surface area contributed by atoms with Crippen LogP contribution < -0.4 is 5.32 Å². The Kier molecular flexibility index (Phi) is 6.36. The molecule has 1 aliphatic heterocycles. The standard InChI is InChI=1S/C22H28N4O3/c1-5-29-22(28)26-10-8-25(9-11-26)21(27)18-6-7-19(23-14-18)24-20-16(3)12-15(2)13-17(20)4/h6-7,12-14H,5,8-11H2,1-4H3,(H,23,24). The van der Waals surface area contributed by atoms with Gasteiger partial charge in [0.25, 0.3) is 5.91 Å². The summed E-state index contributed by atoms with van der Waals surface area (Å²) in [5, 5.41) is 3.35. The fourth-order valence-electron chi connectivity index (χ4n) is 3.59. The van der Waals surface area contributed by atoms with E-state index in [2.05, 4.69) is 43.2 Å². The second kappa shape index (κ2) is 8.94. The summed E-state index contributed by atoms with van der Waals surface area (Å²) in [6.45, 7) is 10.3. The van der Waals surface area contributed by atoms with E-state index in [1.807, 2.05) is 6.07 Å². The Morgan fingerprint density at radius 1 is 1.03 bits per heavy atom. The normalized spacial score (nSPS) is 13.9. The number of nitrogens with one attached hydrogen (secondary N) is 1. The minimum Gasteiger partial charge on any atom is -0.450 e. The van der Waals surface area contributed by atoms with E-state index in [9.17, 15) is 9.59 Å². The second-order valence-corrected chi connectivity index (χ2v) is 7.31. The maximum atomic E-state index is 12.7. The summed E-state index contributed by atoms with van der Waals surface area (Å²) in [4.78, 5) is 32.3. The summed E-state index contributed by atoms with van der Waals surface area (Å²) in [5.74, 6) is 0.624. The third-order valence-corrected chi connectivity index (χ3v) is 5.03. The van der Waals surface area contributed by atoms with Crippen LogP contribution in [0.5, 0.6) is 0 Å². The summed E-state index contributed by atoms with van der Waals surface area (Å²) in [7, 11) is 0. The van der Waals surface area contributed by atoms with Crippen LogP contribution in [0.3, 0.4) is 0 Å². The summed E-state index contributed by atoms with van der Waals surface area (Å²) in [6.07, 6.45) is 1.28. The van der Waals surface area contributed by atoms with Gasteiger partial charge in [0.05, 0.1) is 12.2 Å². The predicted molar refractivity (Wildman–Crippen MR) is 113 cm³/mol. The van der Waals surface area contributed by atoms with Crippen LogP contribution in [-0.4, -0.2) is 59.6 Å². The van der Waals surface area contributed by atoms with E-state index in [1.54, 1.807) is 29.0 Å². The number of rotatable bonds is 4. The van der Waals surface area contributed by atoms with Crippen LogP contribution in [0.4, 0.5) is 16.3 Å². The lowest BCUT2D eigenvalue weighted by Gasteiger charge is -2.34. The van der Waals surface area contributed by atoms with Gasteiger partial charge in [-0.1, -0.05) is 17.7 Å². The van der Waals surface area contributed by atoms with Crippen molar-refractivity contribution in [3.8, 4) is 0 Å². The molecule has 1 aromatic heterocycles. The van der Waals surface area contributed by atoms with Crippen molar-refractivity contribution in [3.63, 3.8) is 0 Å². The smallest absolute Gasteiger partial charge is 0.409 e. The van der Waals surface area contributed by atoms with Crippen LogP contribution in [0.1, 0.15) is 34.0 Å². The zero-order valence-electron chi connectivity index (χ0n) is 17.5. The molecule has 0 atom stereocenters. The summed E-state index contributed by atoms with van der Waals surface area (Å²) in [5.41, 5.74) is 5.12. The number of amides is 2. The number of hydrogen-bond acceptors (Lipinski definition) is 5. The Labute approximate surface area is 171 Å². The Bertz CT molecular complexity index is 864. The first kappa shape index (κ1) is 20.6. The summed E-state index contributed by atoms with van der Waals surface area (Å²) >= 11 is 0. The van der Waals surface area contributed by atoms with Crippen molar-refractivity contribution >= 4 is 23.5 Å². The number of hydrogen-bond donors (Lipinski definition) is 1. The Morgan fingerprint density at radius 2 is 1.66 bits per heavy atom. The van der Waals surface area contributed by atoms with Gasteiger partial charge in [0.2, 0.25) is 0 Å². The molecule has 2 amide bonds. The van der Waals surface area contributed by atoms with Crippen LogP contribution >= 0.6 is 0 Å². The lowest BCUT2D eigenvalue weighted by molar-refractivity contribution is 0.0570. The van der Waals surface area contributed by atoms with Crippen LogP contribution in [-0.2, 0) is 4.74 Å². The Morgan fingerprint density at radius 3 is 2.21 bits per heavy atom. The molecule has 1 N–H and O–H groups in total. The van der Waals surface area contributed by atoms with Crippen molar-refractivity contribution in [2.24, 2.45) is 0 Å². The molecule has 0 unspecified atom stereocenters. The fraction of sp³-hybridized carbons (Fsp3) is 0.409. The van der Waals surface area contributed by atoms with Gasteiger partial charge in [0.1, 0.15) is 5.82 Å². The first-order valence-corrected chi connectivity index (χ1v) is 9.91. The molecule has 154 valence electrons. The molecule has 0 bridgehead atoms. The number of benzene rings is 1. The number of anilines is 2. The van der Waals surface area contributed by atoms with E-state index in [1.165, 1.54) is 5.56 Å². The number of ether oxygens (including phenoxy) is 1. The SMILES string of the molecule is CCOC(=O)N1CCN(C(=O)c2ccc(Nc3c(C)cc(C)cc3C)nc2)CC1. The molecule has 0 saturated carbocycles. The lowest BCUT2D eigenvalue weighted by atomic mass is 10.1. The number of pyridine rings is 1. The molecule has 0 aliphatic carbocycles. The van der Waals surface area contributed by atoms with Crippen molar-refractivity contribution in [1.82, 2.24) is 14.8 Å². The zero-order valence-corrected chi connectivity index (χ0v) is 17.5. The number of carbonyl (C=O) groups excluding carboxylic acids is 2. The maximum Gasteiger partial charge on any atom is 0.409 e. The molecule has 7 nitrogen and oxygen atoms in total. The fourth-order valence-corrected chi connectivity index (χ4v) is 3.59. The first-order valence-electron chi connectivity index (χ1n) is 9.91. The zero-order chi connectivity index (χ0) is 21.0. The topological polar surface area (TPSA) is 74.8 Å². The largest absolute Gasteiger partial charge is 0.450 e. The molecule has 1 aromatic carbocycles. The molecular formula is C22H28N4O3. The highest BCUT2D eigenvalue weighted by atomic mass is 16.6. The quantitative estimate of drug-likeness (QED) is 0.854. The van der Waals surface area contributed by atoms with Crippen molar-refractivity contribution < 1.29 is 14.3 Å². The Balaban J connectivity index is 1.62. The number of carbonyl (C=O) groups is 2. The molecule has 7 heteroatoms. The molecule has 0 radical (unpaired) electrons. The molecule has 2 heterocycles. The van der Waals surface area contributed by atoms with Gasteiger partial charge in [-0.2, -0.15) is 0 Å². The number of piperazine rings is 1. The molecule has 1 fully saturated rings. The van der Waals surface area contributed by atoms with Crippen LogP contribution in [0.15, 0.2) is 30.5 Å². The second-order valence-electron chi connectivity index (χ2n) is 7.31. The number of aryl methyl sites for hydroxylation is 3. The molecule has 0 spiro atoms. The van der Waals surface area contributed by atoms with Crippen LogP contribution in [0.25, 0.3) is 0 Å². The highest BCUT2D eigenvalue weighted by Crippen LogP contribution is 2.25. The molecule has 1 aliphatic rings. The minimum absolute atomic E-state index is 0.0738. The predicted octanol–water partition coefficient (Wildman–Crippen LogP) is 3.66. The third kappa shape index (κ3) is 4.85. The van der Waals surface area contributed by atoms with Crippen LogP contribution in [0, 0.1) is 20.8 Å².